The van der Waals surface area contributed by atoms with Crippen LogP contribution < -0.4 is 5.32 Å². The van der Waals surface area contributed by atoms with Gasteiger partial charge >= 0.3 is 6.03 Å². The maximum absolute atomic E-state index is 12.7. The highest BCUT2D eigenvalue weighted by Gasteiger charge is 2.40. The number of carbonyl (C=O) groups excluding carboxylic acids is 1. The number of aromatic amines is 1. The number of amides is 2. The Kier molecular flexibility index (Phi) is 5.95. The molecule has 1 atom stereocenters. The molecule has 31 heavy (non-hydrogen) atoms. The summed E-state index contributed by atoms with van der Waals surface area (Å²) in [6.07, 6.45) is 2.68. The van der Waals surface area contributed by atoms with Crippen LogP contribution in [0, 0.1) is 18.3 Å². The number of likely N-dealkylation sites (tertiary alicyclic amines) is 1. The molecule has 2 amide bonds. The first kappa shape index (κ1) is 21.7. The lowest BCUT2D eigenvalue weighted by Gasteiger charge is -2.43. The molecule has 1 saturated heterocycles. The van der Waals surface area contributed by atoms with Crippen molar-refractivity contribution in [2.45, 2.75) is 39.7 Å². The van der Waals surface area contributed by atoms with Gasteiger partial charge in [0.05, 0.1) is 17.8 Å². The van der Waals surface area contributed by atoms with Crippen molar-refractivity contribution in [3.63, 3.8) is 0 Å². The zero-order valence-electron chi connectivity index (χ0n) is 18.2. The first-order chi connectivity index (χ1) is 14.8. The lowest BCUT2D eigenvalue weighted by molar-refractivity contribution is -0.0138. The molecule has 0 bridgehead atoms. The molecule has 1 fully saturated rings. The van der Waals surface area contributed by atoms with E-state index in [0.717, 1.165) is 40.6 Å². The van der Waals surface area contributed by atoms with E-state index < -0.39 is 6.10 Å². The smallest absolute Gasteiger partial charge is 0.321 e. The van der Waals surface area contributed by atoms with Crippen LogP contribution in [-0.2, 0) is 0 Å². The number of urea groups is 1. The molecule has 1 aliphatic heterocycles. The summed E-state index contributed by atoms with van der Waals surface area (Å²) >= 11 is 6.29. The molecule has 3 N–H and O–H groups in total. The van der Waals surface area contributed by atoms with Crippen LogP contribution in [0.2, 0.25) is 5.02 Å². The van der Waals surface area contributed by atoms with Crippen LogP contribution in [0.3, 0.4) is 0 Å². The SMILES string of the molecule is Cc1ccc(NC(=O)N2CCC(C(C)(C)[C@@H](O)c3cc(Cl)cc4cn[nH]c34)CC2)cc1. The number of benzene rings is 2. The van der Waals surface area contributed by atoms with E-state index in [1.54, 1.807) is 6.20 Å². The van der Waals surface area contributed by atoms with E-state index in [4.69, 9.17) is 11.6 Å². The van der Waals surface area contributed by atoms with Gasteiger partial charge in [0, 0.05) is 34.7 Å². The summed E-state index contributed by atoms with van der Waals surface area (Å²) in [6, 6.07) is 11.4. The van der Waals surface area contributed by atoms with Crippen LogP contribution in [0.1, 0.15) is 43.9 Å². The summed E-state index contributed by atoms with van der Waals surface area (Å²) in [5, 5.41) is 22.9. The Morgan fingerprint density at radius 1 is 1.26 bits per heavy atom. The molecule has 1 aromatic heterocycles. The molecule has 3 aromatic rings. The van der Waals surface area contributed by atoms with Gasteiger partial charge in [-0.05, 0) is 55.4 Å². The van der Waals surface area contributed by atoms with Crippen molar-refractivity contribution in [2.24, 2.45) is 11.3 Å². The topological polar surface area (TPSA) is 81.2 Å². The molecule has 7 heteroatoms. The predicted octanol–water partition coefficient (Wildman–Crippen LogP) is 5.53. The van der Waals surface area contributed by atoms with Crippen LogP contribution in [0.4, 0.5) is 10.5 Å². The molecule has 4 rings (SSSR count). The second kappa shape index (κ2) is 8.52. The Hall–Kier alpha value is -2.57. The number of halogens is 1. The maximum Gasteiger partial charge on any atom is 0.321 e. The molecule has 2 heterocycles. The summed E-state index contributed by atoms with van der Waals surface area (Å²) in [4.78, 5) is 14.5. The molecule has 2 aromatic carbocycles. The van der Waals surface area contributed by atoms with Crippen molar-refractivity contribution in [2.75, 3.05) is 18.4 Å². The lowest BCUT2D eigenvalue weighted by atomic mass is 9.68. The third kappa shape index (κ3) is 4.41. The van der Waals surface area contributed by atoms with Crippen molar-refractivity contribution in [1.82, 2.24) is 15.1 Å². The van der Waals surface area contributed by atoms with Gasteiger partial charge in [0.15, 0.2) is 0 Å². The minimum atomic E-state index is -0.702. The summed E-state index contributed by atoms with van der Waals surface area (Å²) < 4.78 is 0. The van der Waals surface area contributed by atoms with Crippen molar-refractivity contribution >= 4 is 34.2 Å². The van der Waals surface area contributed by atoms with E-state index in [-0.39, 0.29) is 17.4 Å². The number of nitrogens with one attached hydrogen (secondary N) is 2. The minimum Gasteiger partial charge on any atom is -0.388 e. The van der Waals surface area contributed by atoms with Crippen molar-refractivity contribution in [3.05, 3.63) is 58.7 Å². The summed E-state index contributed by atoms with van der Waals surface area (Å²) in [6.45, 7) is 7.52. The highest BCUT2D eigenvalue weighted by Crippen LogP contribution is 2.46. The van der Waals surface area contributed by atoms with E-state index in [1.807, 2.05) is 48.2 Å². The number of hydrogen-bond acceptors (Lipinski definition) is 3. The van der Waals surface area contributed by atoms with Crippen LogP contribution in [-0.4, -0.2) is 39.3 Å². The average molecular weight is 441 g/mol. The molecule has 0 saturated carbocycles. The minimum absolute atomic E-state index is 0.0744. The van der Waals surface area contributed by atoms with E-state index in [2.05, 4.69) is 29.4 Å². The summed E-state index contributed by atoms with van der Waals surface area (Å²) in [7, 11) is 0. The van der Waals surface area contributed by atoms with Crippen LogP contribution in [0.15, 0.2) is 42.6 Å². The van der Waals surface area contributed by atoms with Crippen LogP contribution >= 0.6 is 11.6 Å². The van der Waals surface area contributed by atoms with Gasteiger partial charge in [-0.1, -0.05) is 43.1 Å². The molecule has 0 spiro atoms. The quantitative estimate of drug-likeness (QED) is 0.499. The Labute approximate surface area is 187 Å². The zero-order valence-corrected chi connectivity index (χ0v) is 18.9. The van der Waals surface area contributed by atoms with E-state index >= 15 is 0 Å². The summed E-state index contributed by atoms with van der Waals surface area (Å²) in [5.41, 5.74) is 3.16. The van der Waals surface area contributed by atoms with Gasteiger partial charge in [-0.15, -0.1) is 0 Å². The molecule has 1 aliphatic rings. The van der Waals surface area contributed by atoms with E-state index in [0.29, 0.717) is 18.1 Å². The fourth-order valence-corrected chi connectivity index (χ4v) is 4.79. The largest absolute Gasteiger partial charge is 0.388 e. The molecular formula is C24H29ClN4O2. The number of anilines is 1. The molecule has 0 radical (unpaired) electrons. The monoisotopic (exact) mass is 440 g/mol. The molecule has 164 valence electrons. The van der Waals surface area contributed by atoms with Crippen molar-refractivity contribution in [1.29, 1.82) is 0 Å². The number of carbonyl (C=O) groups is 1. The number of aryl methyl sites for hydroxylation is 1. The van der Waals surface area contributed by atoms with Gasteiger partial charge in [0.1, 0.15) is 0 Å². The van der Waals surface area contributed by atoms with Crippen molar-refractivity contribution in [3.8, 4) is 0 Å². The fraction of sp³-hybridized carbons (Fsp3) is 0.417. The Balaban J connectivity index is 1.42. The Morgan fingerprint density at radius 3 is 2.61 bits per heavy atom. The first-order valence-corrected chi connectivity index (χ1v) is 11.1. The van der Waals surface area contributed by atoms with Crippen LogP contribution in [0.25, 0.3) is 10.9 Å². The summed E-state index contributed by atoms with van der Waals surface area (Å²) in [5.74, 6) is 0.267. The first-order valence-electron chi connectivity index (χ1n) is 10.7. The second-order valence-corrected chi connectivity index (χ2v) is 9.55. The number of aromatic nitrogens is 2. The van der Waals surface area contributed by atoms with E-state index in [1.165, 1.54) is 0 Å². The third-order valence-electron chi connectivity index (χ3n) is 6.68. The van der Waals surface area contributed by atoms with Gasteiger partial charge in [0.2, 0.25) is 0 Å². The fourth-order valence-electron chi connectivity index (χ4n) is 4.55. The Bertz CT molecular complexity index is 1070. The number of nitrogens with zero attached hydrogens (tertiary/aromatic N) is 2. The molecule has 6 nitrogen and oxygen atoms in total. The van der Waals surface area contributed by atoms with Crippen molar-refractivity contribution < 1.29 is 9.90 Å². The number of piperidine rings is 1. The standard InChI is InChI=1S/C24H29ClN4O2/c1-15-4-6-19(7-5-15)27-23(31)29-10-8-17(9-11-29)24(2,3)22(30)20-13-18(25)12-16-14-26-28-21(16)20/h4-7,12-14,17,22,30H,8-11H2,1-3H3,(H,26,28)(H,27,31)/t22-/m0/s1. The number of hydrogen-bond donors (Lipinski definition) is 3. The van der Waals surface area contributed by atoms with Gasteiger partial charge in [-0.25, -0.2) is 4.79 Å². The molecule has 0 unspecified atom stereocenters. The number of aliphatic hydroxyl groups excluding tert-OH is 1. The number of rotatable bonds is 4. The van der Waals surface area contributed by atoms with Gasteiger partial charge in [-0.2, -0.15) is 5.10 Å². The van der Waals surface area contributed by atoms with Gasteiger partial charge in [0.25, 0.3) is 0 Å². The highest BCUT2D eigenvalue weighted by molar-refractivity contribution is 6.31. The molecular weight excluding hydrogens is 412 g/mol. The van der Waals surface area contributed by atoms with E-state index in [9.17, 15) is 9.90 Å². The zero-order chi connectivity index (χ0) is 22.2. The second-order valence-electron chi connectivity index (χ2n) is 9.11. The van der Waals surface area contributed by atoms with Crippen LogP contribution in [0.5, 0.6) is 0 Å². The van der Waals surface area contributed by atoms with Gasteiger partial charge < -0.3 is 15.3 Å². The number of H-pyrrole nitrogens is 1. The lowest BCUT2D eigenvalue weighted by Crippen LogP contribution is -2.45. The highest BCUT2D eigenvalue weighted by atomic mass is 35.5. The predicted molar refractivity (Wildman–Crippen MR) is 124 cm³/mol. The van der Waals surface area contributed by atoms with Gasteiger partial charge in [-0.3, -0.25) is 5.10 Å². The Morgan fingerprint density at radius 2 is 1.94 bits per heavy atom. The number of fused-ring (bicyclic) bond motifs is 1. The normalized spacial score (nSPS) is 16.5. The average Bonchev–Trinajstić information content (AvgIpc) is 3.22. The third-order valence-corrected chi connectivity index (χ3v) is 6.90. The number of aliphatic hydroxyl groups is 1. The maximum atomic E-state index is 12.7. The molecule has 0 aliphatic carbocycles.